The number of benzene rings is 1. The van der Waals surface area contributed by atoms with Gasteiger partial charge in [0.2, 0.25) is 0 Å². The van der Waals surface area contributed by atoms with Crippen molar-refractivity contribution >= 4 is 22.4 Å². The van der Waals surface area contributed by atoms with Gasteiger partial charge in [-0.05, 0) is 56.1 Å². The third-order valence-corrected chi connectivity index (χ3v) is 6.64. The van der Waals surface area contributed by atoms with E-state index in [4.69, 9.17) is 4.98 Å². The highest BCUT2D eigenvalue weighted by Gasteiger charge is 2.16. The summed E-state index contributed by atoms with van der Waals surface area (Å²) in [5.74, 6) is 0. The molecule has 0 spiro atoms. The lowest BCUT2D eigenvalue weighted by molar-refractivity contribution is 0.313. The van der Waals surface area contributed by atoms with Crippen molar-refractivity contribution in [2.75, 3.05) is 13.6 Å². The summed E-state index contributed by atoms with van der Waals surface area (Å²) in [4.78, 5) is 16.4. The average Bonchev–Trinajstić information content (AvgIpc) is 3.23. The maximum atomic E-state index is 4.74. The molecule has 5 rings (SSSR count). The SMILES string of the molecule is Cc1nc(-c2c[nH]c3ncc(-c4ccc5c(c4)CN(C)CC5)cc23)sc1C. The summed E-state index contributed by atoms with van der Waals surface area (Å²) in [5, 5.41) is 2.19. The topological polar surface area (TPSA) is 44.8 Å². The molecule has 0 amide bonds. The van der Waals surface area contributed by atoms with Crippen LogP contribution in [0.15, 0.2) is 36.7 Å². The fraction of sp³-hybridized carbons (Fsp3) is 0.273. The average molecular weight is 375 g/mol. The zero-order chi connectivity index (χ0) is 18.5. The smallest absolute Gasteiger partial charge is 0.137 e. The second-order valence-corrected chi connectivity index (χ2v) is 8.66. The maximum Gasteiger partial charge on any atom is 0.137 e. The number of thiazole rings is 1. The molecule has 1 N–H and O–H groups in total. The number of hydrogen-bond acceptors (Lipinski definition) is 4. The molecular weight excluding hydrogens is 352 g/mol. The molecule has 3 aromatic heterocycles. The van der Waals surface area contributed by atoms with Crippen LogP contribution in [0.2, 0.25) is 0 Å². The Morgan fingerprint density at radius 2 is 2.00 bits per heavy atom. The van der Waals surface area contributed by atoms with E-state index >= 15 is 0 Å². The molecule has 0 unspecified atom stereocenters. The van der Waals surface area contributed by atoms with Gasteiger partial charge < -0.3 is 9.88 Å². The number of aromatic nitrogens is 3. The summed E-state index contributed by atoms with van der Waals surface area (Å²) < 4.78 is 0. The summed E-state index contributed by atoms with van der Waals surface area (Å²) in [6, 6.07) is 9.09. The van der Waals surface area contributed by atoms with Crippen LogP contribution >= 0.6 is 11.3 Å². The molecule has 5 heteroatoms. The number of nitrogens with zero attached hydrogens (tertiary/aromatic N) is 3. The Labute approximate surface area is 162 Å². The first-order valence-electron chi connectivity index (χ1n) is 9.31. The number of nitrogens with one attached hydrogen (secondary N) is 1. The van der Waals surface area contributed by atoms with E-state index in [2.05, 4.69) is 60.0 Å². The van der Waals surface area contributed by atoms with Gasteiger partial charge in [-0.1, -0.05) is 12.1 Å². The standard InChI is InChI=1S/C22H22N4S/c1-13-14(2)27-22(25-13)20-11-24-21-19(20)9-17(10-23-21)16-5-4-15-6-7-26(3)12-18(15)8-16/h4-5,8-11H,6-7,12H2,1-3H3,(H,23,24). The second kappa shape index (κ2) is 6.29. The normalized spacial score (nSPS) is 14.6. The molecule has 0 atom stereocenters. The van der Waals surface area contributed by atoms with Crippen molar-refractivity contribution in [3.8, 4) is 21.7 Å². The monoisotopic (exact) mass is 374 g/mol. The maximum absolute atomic E-state index is 4.74. The molecular formula is C22H22N4S. The first-order valence-corrected chi connectivity index (χ1v) is 10.1. The number of pyridine rings is 1. The van der Waals surface area contributed by atoms with Gasteiger partial charge in [0, 0.05) is 46.9 Å². The third-order valence-electron chi connectivity index (χ3n) is 5.53. The summed E-state index contributed by atoms with van der Waals surface area (Å²) in [7, 11) is 2.19. The highest BCUT2D eigenvalue weighted by molar-refractivity contribution is 7.15. The van der Waals surface area contributed by atoms with E-state index in [1.165, 1.54) is 21.6 Å². The largest absolute Gasteiger partial charge is 0.345 e. The number of H-pyrrole nitrogens is 1. The third kappa shape index (κ3) is 2.87. The lowest BCUT2D eigenvalue weighted by atomic mass is 9.95. The molecule has 0 bridgehead atoms. The molecule has 0 saturated carbocycles. The molecule has 4 nitrogen and oxygen atoms in total. The molecule has 0 radical (unpaired) electrons. The van der Waals surface area contributed by atoms with Gasteiger partial charge >= 0.3 is 0 Å². The summed E-state index contributed by atoms with van der Waals surface area (Å²) in [6.45, 7) is 6.35. The zero-order valence-corrected chi connectivity index (χ0v) is 16.7. The molecule has 27 heavy (non-hydrogen) atoms. The predicted octanol–water partition coefficient (Wildman–Crippen LogP) is 4.96. The van der Waals surface area contributed by atoms with Crippen LogP contribution in [0.3, 0.4) is 0 Å². The van der Waals surface area contributed by atoms with Gasteiger partial charge in [0.1, 0.15) is 10.7 Å². The molecule has 0 fully saturated rings. The van der Waals surface area contributed by atoms with Crippen molar-refractivity contribution in [1.82, 2.24) is 19.9 Å². The Kier molecular flexibility index (Phi) is 3.88. The lowest BCUT2D eigenvalue weighted by Crippen LogP contribution is -2.26. The molecule has 136 valence electrons. The first-order chi connectivity index (χ1) is 13.1. The number of aromatic amines is 1. The minimum absolute atomic E-state index is 0.914. The van der Waals surface area contributed by atoms with Crippen molar-refractivity contribution in [3.05, 3.63) is 58.4 Å². The highest BCUT2D eigenvalue weighted by Crippen LogP contribution is 2.34. The Bertz CT molecular complexity index is 1140. The summed E-state index contributed by atoms with van der Waals surface area (Å²) >= 11 is 1.74. The summed E-state index contributed by atoms with van der Waals surface area (Å²) in [5.41, 5.74) is 8.45. The van der Waals surface area contributed by atoms with E-state index in [0.717, 1.165) is 52.4 Å². The quantitative estimate of drug-likeness (QED) is 0.539. The van der Waals surface area contributed by atoms with E-state index in [1.54, 1.807) is 11.3 Å². The van der Waals surface area contributed by atoms with E-state index in [9.17, 15) is 0 Å². The van der Waals surface area contributed by atoms with Crippen LogP contribution in [0.25, 0.3) is 32.7 Å². The van der Waals surface area contributed by atoms with Crippen LogP contribution < -0.4 is 0 Å². The molecule has 1 aromatic carbocycles. The molecule has 4 aromatic rings. The van der Waals surface area contributed by atoms with Crippen molar-refractivity contribution in [3.63, 3.8) is 0 Å². The lowest BCUT2D eigenvalue weighted by Gasteiger charge is -2.25. The van der Waals surface area contributed by atoms with E-state index < -0.39 is 0 Å². The Morgan fingerprint density at radius 3 is 2.81 bits per heavy atom. The number of fused-ring (bicyclic) bond motifs is 2. The highest BCUT2D eigenvalue weighted by atomic mass is 32.1. The molecule has 1 aliphatic heterocycles. The minimum atomic E-state index is 0.914. The molecule has 0 saturated heterocycles. The van der Waals surface area contributed by atoms with Gasteiger partial charge in [-0.15, -0.1) is 11.3 Å². The van der Waals surface area contributed by atoms with Gasteiger partial charge in [-0.25, -0.2) is 9.97 Å². The van der Waals surface area contributed by atoms with Crippen LogP contribution in [0.1, 0.15) is 21.7 Å². The van der Waals surface area contributed by atoms with Crippen LogP contribution in [0, 0.1) is 13.8 Å². The fourth-order valence-corrected chi connectivity index (χ4v) is 4.75. The fourth-order valence-electron chi connectivity index (χ4n) is 3.80. The van der Waals surface area contributed by atoms with Crippen LogP contribution in [0.4, 0.5) is 0 Å². The van der Waals surface area contributed by atoms with Crippen molar-refractivity contribution in [2.24, 2.45) is 0 Å². The van der Waals surface area contributed by atoms with Crippen molar-refractivity contribution in [1.29, 1.82) is 0 Å². The predicted molar refractivity (Wildman–Crippen MR) is 112 cm³/mol. The van der Waals surface area contributed by atoms with Gasteiger partial charge in [0.05, 0.1) is 5.69 Å². The van der Waals surface area contributed by atoms with E-state index in [1.807, 2.05) is 12.4 Å². The first kappa shape index (κ1) is 16.7. The Morgan fingerprint density at radius 1 is 1.11 bits per heavy atom. The van der Waals surface area contributed by atoms with Crippen molar-refractivity contribution in [2.45, 2.75) is 26.8 Å². The number of likely N-dealkylation sites (N-methyl/N-ethyl adjacent to an activating group) is 1. The Hall–Kier alpha value is -2.50. The molecule has 1 aliphatic rings. The van der Waals surface area contributed by atoms with Gasteiger partial charge in [-0.2, -0.15) is 0 Å². The zero-order valence-electron chi connectivity index (χ0n) is 15.8. The van der Waals surface area contributed by atoms with E-state index in [0.29, 0.717) is 0 Å². The van der Waals surface area contributed by atoms with Crippen LogP contribution in [-0.2, 0) is 13.0 Å². The van der Waals surface area contributed by atoms with Gasteiger partial charge in [0.25, 0.3) is 0 Å². The van der Waals surface area contributed by atoms with Crippen LogP contribution in [0.5, 0.6) is 0 Å². The van der Waals surface area contributed by atoms with Crippen LogP contribution in [-0.4, -0.2) is 33.4 Å². The summed E-state index contributed by atoms with van der Waals surface area (Å²) in [6.07, 6.45) is 5.13. The minimum Gasteiger partial charge on any atom is -0.345 e. The number of aryl methyl sites for hydroxylation is 2. The van der Waals surface area contributed by atoms with Crippen molar-refractivity contribution < 1.29 is 0 Å². The number of rotatable bonds is 2. The number of hydrogen-bond donors (Lipinski definition) is 1. The molecule has 4 heterocycles. The molecule has 0 aliphatic carbocycles. The van der Waals surface area contributed by atoms with Gasteiger partial charge in [-0.3, -0.25) is 0 Å². The Balaban J connectivity index is 1.60. The second-order valence-electron chi connectivity index (χ2n) is 7.45. The van der Waals surface area contributed by atoms with Gasteiger partial charge in [0.15, 0.2) is 0 Å². The van der Waals surface area contributed by atoms with E-state index in [-0.39, 0.29) is 0 Å².